The van der Waals surface area contributed by atoms with E-state index < -0.39 is 0 Å². The molecule has 1 unspecified atom stereocenters. The van der Waals surface area contributed by atoms with Crippen LogP contribution in [0.5, 0.6) is 0 Å². The third-order valence-corrected chi connectivity index (χ3v) is 5.00. The molecule has 2 amide bonds. The largest absolute Gasteiger partial charge is 0.356 e. The van der Waals surface area contributed by atoms with E-state index in [0.717, 1.165) is 27.2 Å². The molecule has 25 heavy (non-hydrogen) atoms. The minimum Gasteiger partial charge on any atom is -0.356 e. The number of rotatable bonds is 3. The van der Waals surface area contributed by atoms with Gasteiger partial charge < -0.3 is 20.9 Å². The number of urea groups is 1. The standard InChI is InChI=1S/C17H16FN5OS/c1-2-19-16(24)23-17-22-13-6-10(12(18)7-14(13)25-17)11-8-21-15-9(11)4-3-5-20-15/h3-8,17,22H,2H2,1H3,(H,20,21)(H2,19,23,24). The number of carbonyl (C=O) groups excluding carboxylic acids is 1. The molecular weight excluding hydrogens is 341 g/mol. The average Bonchev–Trinajstić information content (AvgIpc) is 3.17. The summed E-state index contributed by atoms with van der Waals surface area (Å²) in [4.78, 5) is 19.7. The van der Waals surface area contributed by atoms with E-state index in [1.165, 1.54) is 17.8 Å². The smallest absolute Gasteiger partial charge is 0.317 e. The number of pyridine rings is 1. The second-order valence-corrected chi connectivity index (χ2v) is 6.72. The molecule has 2 aromatic heterocycles. The van der Waals surface area contributed by atoms with Crippen LogP contribution in [-0.4, -0.2) is 28.0 Å². The summed E-state index contributed by atoms with van der Waals surface area (Å²) >= 11 is 1.37. The lowest BCUT2D eigenvalue weighted by Gasteiger charge is -2.12. The summed E-state index contributed by atoms with van der Waals surface area (Å²) in [6.45, 7) is 2.39. The fourth-order valence-electron chi connectivity index (χ4n) is 2.84. The van der Waals surface area contributed by atoms with Crippen LogP contribution in [0.3, 0.4) is 0 Å². The van der Waals surface area contributed by atoms with E-state index in [9.17, 15) is 9.18 Å². The van der Waals surface area contributed by atoms with Gasteiger partial charge in [0.15, 0.2) is 5.50 Å². The summed E-state index contributed by atoms with van der Waals surface area (Å²) in [5.41, 5.74) is 2.43. The SMILES string of the molecule is CCNC(=O)NC1Nc2cc(-c3c[nH]c4ncccc34)c(F)cc2S1. The lowest BCUT2D eigenvalue weighted by molar-refractivity contribution is 0.241. The molecule has 0 saturated heterocycles. The highest BCUT2D eigenvalue weighted by atomic mass is 32.2. The first-order valence-corrected chi connectivity index (χ1v) is 8.77. The molecule has 4 N–H and O–H groups in total. The number of nitrogens with zero attached hydrogens (tertiary/aromatic N) is 1. The lowest BCUT2D eigenvalue weighted by atomic mass is 10.0. The number of aromatic amines is 1. The Kier molecular flexibility index (Phi) is 3.96. The van der Waals surface area contributed by atoms with Crippen LogP contribution in [-0.2, 0) is 0 Å². The van der Waals surface area contributed by atoms with Gasteiger partial charge in [0.25, 0.3) is 0 Å². The monoisotopic (exact) mass is 357 g/mol. The summed E-state index contributed by atoms with van der Waals surface area (Å²) in [6, 6.07) is 6.74. The maximum absolute atomic E-state index is 14.7. The number of thioether (sulfide) groups is 1. The van der Waals surface area contributed by atoms with Crippen LogP contribution in [0.25, 0.3) is 22.2 Å². The second kappa shape index (κ2) is 6.29. The highest BCUT2D eigenvalue weighted by molar-refractivity contribution is 8.00. The van der Waals surface area contributed by atoms with Crippen molar-refractivity contribution in [3.8, 4) is 11.1 Å². The van der Waals surface area contributed by atoms with Crippen LogP contribution in [0.2, 0.25) is 0 Å². The van der Waals surface area contributed by atoms with Gasteiger partial charge in [0, 0.05) is 40.3 Å². The van der Waals surface area contributed by atoms with E-state index in [0.29, 0.717) is 12.1 Å². The molecule has 3 aromatic rings. The fourth-order valence-corrected chi connectivity index (χ4v) is 3.87. The van der Waals surface area contributed by atoms with Gasteiger partial charge in [0.2, 0.25) is 0 Å². The molecule has 0 bridgehead atoms. The Morgan fingerprint density at radius 3 is 3.12 bits per heavy atom. The van der Waals surface area contributed by atoms with Crippen LogP contribution in [0.15, 0.2) is 41.6 Å². The molecule has 0 aliphatic carbocycles. The number of fused-ring (bicyclic) bond motifs is 2. The van der Waals surface area contributed by atoms with Gasteiger partial charge in [-0.1, -0.05) is 11.8 Å². The first-order valence-electron chi connectivity index (χ1n) is 7.89. The molecule has 1 atom stereocenters. The number of halogens is 1. The van der Waals surface area contributed by atoms with Crippen LogP contribution in [0.4, 0.5) is 14.9 Å². The number of aromatic nitrogens is 2. The summed E-state index contributed by atoms with van der Waals surface area (Å²) in [6.07, 6.45) is 3.45. The van der Waals surface area contributed by atoms with Gasteiger partial charge in [0.1, 0.15) is 11.5 Å². The minimum atomic E-state index is -0.333. The van der Waals surface area contributed by atoms with Crippen molar-refractivity contribution < 1.29 is 9.18 Å². The Morgan fingerprint density at radius 2 is 2.28 bits per heavy atom. The number of amides is 2. The molecule has 3 heterocycles. The molecule has 1 aromatic carbocycles. The maximum atomic E-state index is 14.7. The number of carbonyl (C=O) groups is 1. The van der Waals surface area contributed by atoms with Crippen LogP contribution < -0.4 is 16.0 Å². The van der Waals surface area contributed by atoms with E-state index in [2.05, 4.69) is 25.9 Å². The van der Waals surface area contributed by atoms with Crippen LogP contribution in [0, 0.1) is 5.82 Å². The molecular formula is C17H16FN5OS. The second-order valence-electron chi connectivity index (χ2n) is 5.58. The van der Waals surface area contributed by atoms with Crippen molar-refractivity contribution in [2.24, 2.45) is 0 Å². The van der Waals surface area contributed by atoms with Crippen molar-refractivity contribution >= 4 is 34.5 Å². The van der Waals surface area contributed by atoms with Crippen molar-refractivity contribution in [3.63, 3.8) is 0 Å². The van der Waals surface area contributed by atoms with Crippen molar-refractivity contribution in [1.29, 1.82) is 0 Å². The fraction of sp³-hybridized carbons (Fsp3) is 0.176. The number of benzene rings is 1. The molecule has 128 valence electrons. The molecule has 4 rings (SSSR count). The van der Waals surface area contributed by atoms with Crippen molar-refractivity contribution in [2.45, 2.75) is 17.3 Å². The highest BCUT2D eigenvalue weighted by Crippen LogP contribution is 2.42. The first kappa shape index (κ1) is 15.8. The van der Waals surface area contributed by atoms with Gasteiger partial charge in [-0.15, -0.1) is 0 Å². The Morgan fingerprint density at radius 1 is 1.40 bits per heavy atom. The molecule has 0 saturated carbocycles. The van der Waals surface area contributed by atoms with E-state index >= 15 is 0 Å². The zero-order valence-electron chi connectivity index (χ0n) is 13.4. The third-order valence-electron chi connectivity index (χ3n) is 3.94. The zero-order valence-corrected chi connectivity index (χ0v) is 14.2. The third kappa shape index (κ3) is 2.89. The van der Waals surface area contributed by atoms with Crippen molar-refractivity contribution in [2.75, 3.05) is 11.9 Å². The van der Waals surface area contributed by atoms with E-state index in [4.69, 9.17) is 0 Å². The maximum Gasteiger partial charge on any atom is 0.317 e. The van der Waals surface area contributed by atoms with Gasteiger partial charge >= 0.3 is 6.03 Å². The van der Waals surface area contributed by atoms with E-state index in [1.807, 2.05) is 19.1 Å². The quantitative estimate of drug-likeness (QED) is 0.578. The Hall–Kier alpha value is -2.74. The van der Waals surface area contributed by atoms with Crippen LogP contribution >= 0.6 is 11.8 Å². The summed E-state index contributed by atoms with van der Waals surface area (Å²) in [5, 5.41) is 9.53. The number of H-pyrrole nitrogens is 1. The highest BCUT2D eigenvalue weighted by Gasteiger charge is 2.25. The Labute approximate surface area is 147 Å². The molecule has 8 heteroatoms. The van der Waals surface area contributed by atoms with Gasteiger partial charge in [0.05, 0.1) is 5.69 Å². The lowest BCUT2D eigenvalue weighted by Crippen LogP contribution is -2.42. The first-order chi connectivity index (χ1) is 12.2. The molecule has 6 nitrogen and oxygen atoms in total. The van der Waals surface area contributed by atoms with Crippen LogP contribution in [0.1, 0.15) is 6.92 Å². The number of hydrogen-bond acceptors (Lipinski definition) is 4. The Balaban J connectivity index is 1.65. The zero-order chi connectivity index (χ0) is 17.4. The number of anilines is 1. The summed E-state index contributed by atoms with van der Waals surface area (Å²) in [7, 11) is 0. The van der Waals surface area contributed by atoms with Crippen molar-refractivity contribution in [3.05, 3.63) is 42.5 Å². The number of hydrogen-bond donors (Lipinski definition) is 4. The van der Waals surface area contributed by atoms with Gasteiger partial charge in [-0.05, 0) is 31.2 Å². The van der Waals surface area contributed by atoms with Gasteiger partial charge in [-0.3, -0.25) is 0 Å². The predicted octanol–water partition coefficient (Wildman–Crippen LogP) is 3.49. The molecule has 0 fully saturated rings. The Bertz CT molecular complexity index is 957. The number of nitrogens with one attached hydrogen (secondary N) is 4. The molecule has 1 aliphatic rings. The minimum absolute atomic E-state index is 0.260. The molecule has 0 radical (unpaired) electrons. The normalized spacial score (nSPS) is 15.7. The predicted molar refractivity (Wildman–Crippen MR) is 97.0 cm³/mol. The topological polar surface area (TPSA) is 81.8 Å². The van der Waals surface area contributed by atoms with Gasteiger partial charge in [-0.2, -0.15) is 0 Å². The molecule has 1 aliphatic heterocycles. The van der Waals surface area contributed by atoms with Gasteiger partial charge in [-0.25, -0.2) is 14.2 Å². The van der Waals surface area contributed by atoms with Crippen molar-refractivity contribution in [1.82, 2.24) is 20.6 Å². The summed E-state index contributed by atoms with van der Waals surface area (Å²) < 4.78 is 14.7. The average molecular weight is 357 g/mol. The molecule has 0 spiro atoms. The summed E-state index contributed by atoms with van der Waals surface area (Å²) in [5.74, 6) is -0.309. The van der Waals surface area contributed by atoms with E-state index in [1.54, 1.807) is 18.5 Å². The van der Waals surface area contributed by atoms with E-state index in [-0.39, 0.29) is 17.3 Å².